The van der Waals surface area contributed by atoms with E-state index in [9.17, 15) is 0 Å². The third-order valence-corrected chi connectivity index (χ3v) is 17.9. The molecular formula is C68H51N3. The highest BCUT2D eigenvalue weighted by Gasteiger charge is 2.62. The molecule has 11 aromatic carbocycles. The van der Waals surface area contributed by atoms with Crippen LogP contribution in [0.3, 0.4) is 0 Å². The summed E-state index contributed by atoms with van der Waals surface area (Å²) in [6.07, 6.45) is 6.89. The lowest BCUT2D eigenvalue weighted by atomic mass is 9.43. The minimum atomic E-state index is 0.0521. The van der Waals surface area contributed by atoms with Gasteiger partial charge in [-0.2, -0.15) is 0 Å². The molecular weight excluding hydrogens is 859 g/mol. The smallest absolute Gasteiger partial charge is 0.0543 e. The predicted molar refractivity (Wildman–Crippen MR) is 297 cm³/mol. The first kappa shape index (κ1) is 39.7. The molecule has 3 nitrogen and oxygen atoms in total. The Bertz CT molecular complexity index is 4010. The molecule has 4 fully saturated rings. The van der Waals surface area contributed by atoms with Crippen molar-refractivity contribution < 1.29 is 0 Å². The van der Waals surface area contributed by atoms with Crippen LogP contribution < -0.4 is 9.80 Å². The lowest BCUT2D eigenvalue weighted by Gasteiger charge is -2.61. The molecule has 17 rings (SSSR count). The number of rotatable bonds is 7. The fourth-order valence-corrected chi connectivity index (χ4v) is 15.5. The van der Waals surface area contributed by atoms with Crippen LogP contribution in [0.15, 0.2) is 224 Å². The second-order valence-corrected chi connectivity index (χ2v) is 21.2. The molecule has 3 heteroatoms. The van der Waals surface area contributed by atoms with E-state index < -0.39 is 0 Å². The van der Waals surface area contributed by atoms with Gasteiger partial charge in [-0.25, -0.2) is 0 Å². The quantitative estimate of drug-likeness (QED) is 0.148. The Balaban J connectivity index is 0.979. The summed E-state index contributed by atoms with van der Waals surface area (Å²) in [5.74, 6) is 3.13. The third kappa shape index (κ3) is 5.49. The molecule has 0 N–H and O–H groups in total. The molecule has 0 atom stereocenters. The maximum absolute atomic E-state index is 2.66. The minimum absolute atomic E-state index is 0.0521. The first-order valence-corrected chi connectivity index (χ1v) is 25.9. The molecule has 4 bridgehead atoms. The maximum atomic E-state index is 2.66. The van der Waals surface area contributed by atoms with Crippen LogP contribution in [0.25, 0.3) is 70.9 Å². The summed E-state index contributed by atoms with van der Waals surface area (Å²) in [7, 11) is 0. The summed E-state index contributed by atoms with van der Waals surface area (Å²) < 4.78 is 2.44. The van der Waals surface area contributed by atoms with Gasteiger partial charge in [-0.3, -0.25) is 0 Å². The van der Waals surface area contributed by atoms with Crippen LogP contribution in [-0.4, -0.2) is 4.57 Å². The van der Waals surface area contributed by atoms with Crippen molar-refractivity contribution in [3.05, 3.63) is 236 Å². The molecule has 0 radical (unpaired) electrons. The highest BCUT2D eigenvalue weighted by Crippen LogP contribution is 2.70. The minimum Gasteiger partial charge on any atom is -0.310 e. The second kappa shape index (κ2) is 14.9. The molecule has 0 unspecified atom stereocenters. The van der Waals surface area contributed by atoms with E-state index in [1.54, 1.807) is 11.1 Å². The van der Waals surface area contributed by atoms with Gasteiger partial charge in [0.15, 0.2) is 0 Å². The zero-order chi connectivity index (χ0) is 46.4. The molecule has 4 saturated carbocycles. The normalized spacial score (nSPS) is 20.7. The van der Waals surface area contributed by atoms with Crippen molar-refractivity contribution in [2.75, 3.05) is 9.80 Å². The number of anilines is 6. The zero-order valence-corrected chi connectivity index (χ0v) is 39.5. The third-order valence-electron chi connectivity index (χ3n) is 17.9. The van der Waals surface area contributed by atoms with Gasteiger partial charge in [0, 0.05) is 55.3 Å². The van der Waals surface area contributed by atoms with Gasteiger partial charge in [-0.15, -0.1) is 0 Å². The van der Waals surface area contributed by atoms with E-state index in [1.165, 1.54) is 126 Å². The Morgan fingerprint density at radius 3 is 1.59 bits per heavy atom. The fraction of sp³-hybridized carbons (Fsp3) is 0.147. The predicted octanol–water partition coefficient (Wildman–Crippen LogP) is 18.3. The van der Waals surface area contributed by atoms with Crippen LogP contribution in [0.2, 0.25) is 0 Å². The van der Waals surface area contributed by atoms with E-state index in [2.05, 4.69) is 239 Å². The summed E-state index contributed by atoms with van der Waals surface area (Å²) >= 11 is 0. The number of benzene rings is 11. The van der Waals surface area contributed by atoms with Gasteiger partial charge in [0.1, 0.15) is 0 Å². The molecule has 0 amide bonds. The van der Waals surface area contributed by atoms with Crippen LogP contribution in [0.4, 0.5) is 34.1 Å². The molecule has 0 saturated heterocycles. The number of hydrogen-bond donors (Lipinski definition) is 0. The van der Waals surface area contributed by atoms with Crippen molar-refractivity contribution >= 4 is 88.2 Å². The van der Waals surface area contributed by atoms with Gasteiger partial charge in [0.2, 0.25) is 0 Å². The van der Waals surface area contributed by atoms with E-state index in [0.29, 0.717) is 11.8 Å². The van der Waals surface area contributed by atoms with Crippen molar-refractivity contribution in [3.8, 4) is 16.8 Å². The van der Waals surface area contributed by atoms with Crippen molar-refractivity contribution in [3.63, 3.8) is 0 Å². The number of nitrogens with zero attached hydrogens (tertiary/aromatic N) is 3. The van der Waals surface area contributed by atoms with Crippen molar-refractivity contribution in [2.45, 2.75) is 37.5 Å². The number of hydrogen-bond acceptors (Lipinski definition) is 2. The Labute approximate surface area is 414 Å². The average Bonchev–Trinajstić information content (AvgIpc) is 3.92. The molecule has 338 valence electrons. The molecule has 1 spiro atoms. The lowest BCUT2D eigenvalue weighted by Crippen LogP contribution is -2.55. The molecule has 1 heterocycles. The maximum Gasteiger partial charge on any atom is 0.0543 e. The fourth-order valence-electron chi connectivity index (χ4n) is 15.5. The highest BCUT2D eigenvalue weighted by molar-refractivity contribution is 6.28. The van der Waals surface area contributed by atoms with E-state index >= 15 is 0 Å². The Hall–Kier alpha value is -8.14. The average molecular weight is 910 g/mol. The van der Waals surface area contributed by atoms with Crippen molar-refractivity contribution in [2.24, 2.45) is 23.7 Å². The van der Waals surface area contributed by atoms with Crippen LogP contribution >= 0.6 is 0 Å². The molecule has 71 heavy (non-hydrogen) atoms. The summed E-state index contributed by atoms with van der Waals surface area (Å²) in [4.78, 5) is 5.08. The van der Waals surface area contributed by atoms with Gasteiger partial charge in [-0.1, -0.05) is 146 Å². The standard InChI is InChI=1S/C68H51N3/c1-4-15-49(16-5-1)69(50-17-6-2-7-18-50)61-34-29-45-28-33-56-62(35-30-46-27-32-55(61)65(45)66(46)56)71(52-31-36-63-57(42-52)53-21-11-13-25-60(53)70(63)51-19-8-3-9-20-51)64-26-14-24-59-67(64)54-22-10-12-23-58(54)68(59)47-38-43-37-44(40-47)41-48(68)39-43/h1-36,42-44,47-48H,37-41H2. The molecule has 0 aliphatic heterocycles. The Kier molecular flexibility index (Phi) is 8.35. The largest absolute Gasteiger partial charge is 0.310 e. The number of fused-ring (bicyclic) bond motifs is 6. The summed E-state index contributed by atoms with van der Waals surface area (Å²) in [5.41, 5.74) is 16.7. The van der Waals surface area contributed by atoms with E-state index in [-0.39, 0.29) is 5.41 Å². The lowest BCUT2D eigenvalue weighted by molar-refractivity contribution is -0.0399. The SMILES string of the molecule is c1ccc(N(c2ccccc2)c2ccc3ccc4c(N(c5ccc6c(c5)c5ccccc5n6-c5ccccc5)c5cccc6c5-c5ccccc5C65C6CC7CC(C6)CC5C7)ccc5ccc2c3c54)cc1. The summed E-state index contributed by atoms with van der Waals surface area (Å²) in [5, 5.41) is 10.1. The molecule has 1 aromatic heterocycles. The first-order valence-electron chi connectivity index (χ1n) is 25.9. The van der Waals surface area contributed by atoms with Crippen LogP contribution in [0.5, 0.6) is 0 Å². The Morgan fingerprint density at radius 2 is 0.915 bits per heavy atom. The summed E-state index contributed by atoms with van der Waals surface area (Å²) in [6, 6.07) is 84.7. The topological polar surface area (TPSA) is 11.4 Å². The van der Waals surface area contributed by atoms with E-state index in [1.807, 2.05) is 0 Å². The van der Waals surface area contributed by atoms with Crippen LogP contribution in [0, 0.1) is 23.7 Å². The molecule has 12 aromatic rings. The number of para-hydroxylation sites is 4. The Morgan fingerprint density at radius 1 is 0.366 bits per heavy atom. The number of aromatic nitrogens is 1. The van der Waals surface area contributed by atoms with Crippen molar-refractivity contribution in [1.29, 1.82) is 0 Å². The van der Waals surface area contributed by atoms with Gasteiger partial charge in [0.05, 0.1) is 28.1 Å². The van der Waals surface area contributed by atoms with Crippen LogP contribution in [0.1, 0.15) is 43.2 Å². The van der Waals surface area contributed by atoms with Gasteiger partial charge >= 0.3 is 0 Å². The van der Waals surface area contributed by atoms with E-state index in [0.717, 1.165) is 23.2 Å². The van der Waals surface area contributed by atoms with Crippen molar-refractivity contribution in [1.82, 2.24) is 4.57 Å². The molecule has 5 aliphatic rings. The van der Waals surface area contributed by atoms with Gasteiger partial charge in [0.25, 0.3) is 0 Å². The monoisotopic (exact) mass is 909 g/mol. The van der Waals surface area contributed by atoms with Gasteiger partial charge < -0.3 is 14.4 Å². The highest BCUT2D eigenvalue weighted by atomic mass is 15.2. The van der Waals surface area contributed by atoms with Gasteiger partial charge in [-0.05, 0) is 173 Å². The second-order valence-electron chi connectivity index (χ2n) is 21.2. The summed E-state index contributed by atoms with van der Waals surface area (Å²) in [6.45, 7) is 0. The molecule has 5 aliphatic carbocycles. The van der Waals surface area contributed by atoms with E-state index in [4.69, 9.17) is 0 Å². The van der Waals surface area contributed by atoms with Crippen LogP contribution in [-0.2, 0) is 5.41 Å². The first-order chi connectivity index (χ1) is 35.2. The zero-order valence-electron chi connectivity index (χ0n) is 39.5.